The zero-order valence-corrected chi connectivity index (χ0v) is 11.8. The van der Waals surface area contributed by atoms with Crippen LogP contribution in [0.2, 0.25) is 0 Å². The van der Waals surface area contributed by atoms with E-state index in [4.69, 9.17) is 0 Å². The number of carbonyl (C=O) groups excluding carboxylic acids is 1. The molecule has 19 heavy (non-hydrogen) atoms. The van der Waals surface area contributed by atoms with Crippen LogP contribution in [0, 0.1) is 0 Å². The standard InChI is InChI=1S/C13H11NO3S2/c1-2-14-19(16,17)11-7-6-10-12-8(11)4-3-5-9(12)13(15)18-10/h3-7,14H,2H2,1H3. The molecule has 0 amide bonds. The van der Waals surface area contributed by atoms with Gasteiger partial charge in [-0.3, -0.25) is 4.79 Å². The Labute approximate surface area is 115 Å². The maximum absolute atomic E-state index is 12.2. The Morgan fingerprint density at radius 2 is 2.00 bits per heavy atom. The van der Waals surface area contributed by atoms with Crippen molar-refractivity contribution in [3.8, 4) is 0 Å². The van der Waals surface area contributed by atoms with E-state index >= 15 is 0 Å². The van der Waals surface area contributed by atoms with Gasteiger partial charge >= 0.3 is 0 Å². The molecule has 98 valence electrons. The first-order valence-electron chi connectivity index (χ1n) is 5.82. The molecule has 2 aromatic carbocycles. The largest absolute Gasteiger partial charge is 0.281 e. The summed E-state index contributed by atoms with van der Waals surface area (Å²) in [6.45, 7) is 2.07. The Balaban J connectivity index is 2.37. The van der Waals surface area contributed by atoms with Gasteiger partial charge in [-0.2, -0.15) is 0 Å². The summed E-state index contributed by atoms with van der Waals surface area (Å²) in [5.41, 5.74) is 0.589. The quantitative estimate of drug-likeness (QED) is 0.943. The molecular formula is C13H11NO3S2. The molecule has 0 bridgehead atoms. The van der Waals surface area contributed by atoms with Crippen molar-refractivity contribution in [2.45, 2.75) is 16.7 Å². The Morgan fingerprint density at radius 1 is 1.21 bits per heavy atom. The summed E-state index contributed by atoms with van der Waals surface area (Å²) >= 11 is 1.15. The van der Waals surface area contributed by atoms with Gasteiger partial charge in [0.05, 0.1) is 4.90 Å². The third kappa shape index (κ3) is 1.87. The van der Waals surface area contributed by atoms with Crippen LogP contribution in [0.1, 0.15) is 17.3 Å². The second-order valence-electron chi connectivity index (χ2n) is 4.18. The van der Waals surface area contributed by atoms with Crippen LogP contribution in [0.4, 0.5) is 0 Å². The van der Waals surface area contributed by atoms with Crippen LogP contribution in [0.25, 0.3) is 10.8 Å². The average Bonchev–Trinajstić information content (AvgIpc) is 2.69. The fraction of sp³-hybridized carbons (Fsp3) is 0.154. The van der Waals surface area contributed by atoms with Crippen molar-refractivity contribution in [2.24, 2.45) is 0 Å². The molecule has 0 saturated heterocycles. The normalized spacial score (nSPS) is 14.3. The highest BCUT2D eigenvalue weighted by Gasteiger charge is 2.26. The molecule has 1 heterocycles. The van der Waals surface area contributed by atoms with Crippen molar-refractivity contribution in [1.82, 2.24) is 4.72 Å². The summed E-state index contributed by atoms with van der Waals surface area (Å²) in [6, 6.07) is 8.45. The minimum Gasteiger partial charge on any atom is -0.281 e. The molecule has 0 spiro atoms. The molecule has 0 aromatic heterocycles. The highest BCUT2D eigenvalue weighted by molar-refractivity contribution is 8.14. The fourth-order valence-corrected chi connectivity index (χ4v) is 4.44. The third-order valence-electron chi connectivity index (χ3n) is 3.01. The van der Waals surface area contributed by atoms with E-state index in [0.29, 0.717) is 17.5 Å². The number of rotatable bonds is 3. The van der Waals surface area contributed by atoms with Gasteiger partial charge in [-0.25, -0.2) is 13.1 Å². The molecule has 6 heteroatoms. The van der Waals surface area contributed by atoms with E-state index in [9.17, 15) is 13.2 Å². The molecule has 0 fully saturated rings. The van der Waals surface area contributed by atoms with Gasteiger partial charge in [-0.05, 0) is 30.0 Å². The molecular weight excluding hydrogens is 282 g/mol. The van der Waals surface area contributed by atoms with Gasteiger partial charge in [0.25, 0.3) is 0 Å². The number of thioether (sulfide) groups is 1. The monoisotopic (exact) mass is 293 g/mol. The lowest BCUT2D eigenvalue weighted by molar-refractivity contribution is 0.109. The smallest absolute Gasteiger partial charge is 0.241 e. The van der Waals surface area contributed by atoms with Crippen molar-refractivity contribution >= 4 is 37.7 Å². The highest BCUT2D eigenvalue weighted by Crippen LogP contribution is 2.42. The SMILES string of the molecule is CCNS(=O)(=O)c1ccc2c3c(cccc13)C(=O)S2. The van der Waals surface area contributed by atoms with E-state index in [1.807, 2.05) is 0 Å². The van der Waals surface area contributed by atoms with Gasteiger partial charge in [-0.15, -0.1) is 0 Å². The van der Waals surface area contributed by atoms with Crippen molar-refractivity contribution in [3.05, 3.63) is 35.9 Å². The van der Waals surface area contributed by atoms with Crippen LogP contribution < -0.4 is 4.72 Å². The molecule has 4 nitrogen and oxygen atoms in total. The van der Waals surface area contributed by atoms with Crippen LogP contribution in [0.3, 0.4) is 0 Å². The summed E-state index contributed by atoms with van der Waals surface area (Å²) in [6.07, 6.45) is 0. The van der Waals surface area contributed by atoms with Crippen molar-refractivity contribution in [2.75, 3.05) is 6.54 Å². The highest BCUT2D eigenvalue weighted by atomic mass is 32.2. The average molecular weight is 293 g/mol. The van der Waals surface area contributed by atoms with Crippen LogP contribution in [0.15, 0.2) is 40.1 Å². The first kappa shape index (κ1) is 12.7. The van der Waals surface area contributed by atoms with E-state index in [2.05, 4.69) is 4.72 Å². The predicted octanol–water partition coefficient (Wildman–Crippen LogP) is 2.38. The second kappa shape index (κ2) is 4.33. The van der Waals surface area contributed by atoms with Gasteiger partial charge < -0.3 is 0 Å². The summed E-state index contributed by atoms with van der Waals surface area (Å²) in [4.78, 5) is 12.9. The molecule has 0 radical (unpaired) electrons. The Hall–Kier alpha value is -1.37. The summed E-state index contributed by atoms with van der Waals surface area (Å²) in [5, 5.41) is 1.32. The van der Waals surface area contributed by atoms with Crippen molar-refractivity contribution in [3.63, 3.8) is 0 Å². The van der Waals surface area contributed by atoms with Crippen LogP contribution in [0.5, 0.6) is 0 Å². The predicted molar refractivity (Wildman–Crippen MR) is 75.0 cm³/mol. The van der Waals surface area contributed by atoms with E-state index in [0.717, 1.165) is 22.0 Å². The van der Waals surface area contributed by atoms with Gasteiger partial charge in [0.2, 0.25) is 15.1 Å². The fourth-order valence-electron chi connectivity index (χ4n) is 2.26. The van der Waals surface area contributed by atoms with Gasteiger partial charge in [0.1, 0.15) is 0 Å². The summed E-state index contributed by atoms with van der Waals surface area (Å²) in [5.74, 6) is 0. The zero-order chi connectivity index (χ0) is 13.6. The topological polar surface area (TPSA) is 63.2 Å². The molecule has 0 unspecified atom stereocenters. The molecule has 1 N–H and O–H groups in total. The van der Waals surface area contributed by atoms with Gasteiger partial charge in [0, 0.05) is 27.8 Å². The third-order valence-corrected chi connectivity index (χ3v) is 5.58. The van der Waals surface area contributed by atoms with E-state index in [1.54, 1.807) is 37.3 Å². The Morgan fingerprint density at radius 3 is 2.74 bits per heavy atom. The van der Waals surface area contributed by atoms with E-state index in [1.165, 1.54) is 0 Å². The molecule has 0 aliphatic carbocycles. The maximum Gasteiger partial charge on any atom is 0.241 e. The minimum atomic E-state index is -3.53. The number of hydrogen-bond donors (Lipinski definition) is 1. The summed E-state index contributed by atoms with van der Waals surface area (Å²) in [7, 11) is -3.53. The maximum atomic E-state index is 12.2. The Bertz CT molecular complexity index is 797. The molecule has 0 saturated carbocycles. The molecule has 3 rings (SSSR count). The van der Waals surface area contributed by atoms with Gasteiger partial charge in [-0.1, -0.05) is 19.1 Å². The number of sulfonamides is 1. The van der Waals surface area contributed by atoms with Gasteiger partial charge in [0.15, 0.2) is 0 Å². The van der Waals surface area contributed by atoms with E-state index in [-0.39, 0.29) is 10.0 Å². The number of hydrogen-bond acceptors (Lipinski definition) is 4. The minimum absolute atomic E-state index is 0.0291. The van der Waals surface area contributed by atoms with Crippen molar-refractivity contribution in [1.29, 1.82) is 0 Å². The Kier molecular flexibility index (Phi) is 2.88. The number of benzene rings is 2. The molecule has 1 aliphatic rings. The summed E-state index contributed by atoms with van der Waals surface area (Å²) < 4.78 is 26.8. The van der Waals surface area contributed by atoms with E-state index < -0.39 is 10.0 Å². The van der Waals surface area contributed by atoms with Crippen LogP contribution >= 0.6 is 11.8 Å². The lowest BCUT2D eigenvalue weighted by Gasteiger charge is -2.09. The second-order valence-corrected chi connectivity index (χ2v) is 6.93. The number of nitrogens with one attached hydrogen (secondary N) is 1. The van der Waals surface area contributed by atoms with Crippen LogP contribution in [-0.4, -0.2) is 20.1 Å². The van der Waals surface area contributed by atoms with Crippen molar-refractivity contribution < 1.29 is 13.2 Å². The first-order chi connectivity index (χ1) is 9.04. The first-order valence-corrected chi connectivity index (χ1v) is 8.12. The molecule has 2 aromatic rings. The zero-order valence-electron chi connectivity index (χ0n) is 10.1. The lowest BCUT2D eigenvalue weighted by Crippen LogP contribution is -2.23. The lowest BCUT2D eigenvalue weighted by atomic mass is 10.1. The number of carbonyl (C=O) groups is 1. The molecule has 1 aliphatic heterocycles. The molecule has 0 atom stereocenters. The van der Waals surface area contributed by atoms with Crippen LogP contribution in [-0.2, 0) is 10.0 Å².